The van der Waals surface area contributed by atoms with E-state index in [1.54, 1.807) is 0 Å². The number of ether oxygens (including phenoxy) is 3. The molecule has 22 heavy (non-hydrogen) atoms. The van der Waals surface area contributed by atoms with Crippen molar-refractivity contribution < 1.29 is 14.2 Å². The highest BCUT2D eigenvalue weighted by atomic mass is 16.6. The lowest BCUT2D eigenvalue weighted by atomic mass is 10.1. The third-order valence-corrected chi connectivity index (χ3v) is 3.50. The molecule has 2 aromatic rings. The number of benzene rings is 2. The highest BCUT2D eigenvalue weighted by molar-refractivity contribution is 5.47. The second-order valence-corrected chi connectivity index (χ2v) is 5.13. The van der Waals surface area contributed by atoms with E-state index in [1.807, 2.05) is 31.2 Å². The molecule has 0 fully saturated rings. The molecule has 2 aromatic carbocycles. The Balaban J connectivity index is 1.60. The molecule has 0 aromatic heterocycles. The maximum atomic E-state index is 5.72. The SMILES string of the molecule is CCOc1cccc(CNCc2cccc3c2OCCO3)c1. The first-order valence-electron chi connectivity index (χ1n) is 7.67. The van der Waals surface area contributed by atoms with E-state index in [-0.39, 0.29) is 0 Å². The van der Waals surface area contributed by atoms with Crippen molar-refractivity contribution in [3.8, 4) is 17.2 Å². The Morgan fingerprint density at radius 2 is 1.91 bits per heavy atom. The van der Waals surface area contributed by atoms with Gasteiger partial charge in [0.05, 0.1) is 6.61 Å². The van der Waals surface area contributed by atoms with E-state index in [0.29, 0.717) is 19.8 Å². The van der Waals surface area contributed by atoms with Gasteiger partial charge in [-0.2, -0.15) is 0 Å². The summed E-state index contributed by atoms with van der Waals surface area (Å²) in [6.45, 7) is 5.43. The fourth-order valence-corrected chi connectivity index (χ4v) is 2.53. The molecule has 0 unspecified atom stereocenters. The molecule has 0 aliphatic carbocycles. The van der Waals surface area contributed by atoms with E-state index in [4.69, 9.17) is 14.2 Å². The van der Waals surface area contributed by atoms with Crippen molar-refractivity contribution in [2.75, 3.05) is 19.8 Å². The minimum Gasteiger partial charge on any atom is -0.494 e. The Bertz CT molecular complexity index is 627. The highest BCUT2D eigenvalue weighted by Gasteiger charge is 2.14. The molecule has 0 spiro atoms. The molecule has 4 heteroatoms. The third-order valence-electron chi connectivity index (χ3n) is 3.50. The molecule has 1 aliphatic rings. The maximum absolute atomic E-state index is 5.72. The van der Waals surface area contributed by atoms with Gasteiger partial charge >= 0.3 is 0 Å². The molecule has 1 aliphatic heterocycles. The van der Waals surface area contributed by atoms with Crippen LogP contribution in [0.2, 0.25) is 0 Å². The summed E-state index contributed by atoms with van der Waals surface area (Å²) in [5.41, 5.74) is 2.33. The van der Waals surface area contributed by atoms with E-state index in [2.05, 4.69) is 23.5 Å². The van der Waals surface area contributed by atoms with E-state index in [9.17, 15) is 0 Å². The van der Waals surface area contributed by atoms with Gasteiger partial charge in [0, 0.05) is 18.7 Å². The van der Waals surface area contributed by atoms with Crippen LogP contribution in [-0.4, -0.2) is 19.8 Å². The van der Waals surface area contributed by atoms with Crippen LogP contribution in [0.5, 0.6) is 17.2 Å². The average molecular weight is 299 g/mol. The number of fused-ring (bicyclic) bond motifs is 1. The molecule has 0 saturated carbocycles. The molecule has 1 N–H and O–H groups in total. The van der Waals surface area contributed by atoms with Gasteiger partial charge in [0.1, 0.15) is 19.0 Å². The van der Waals surface area contributed by atoms with Crippen LogP contribution in [-0.2, 0) is 13.1 Å². The molecule has 0 radical (unpaired) electrons. The van der Waals surface area contributed by atoms with Crippen LogP contribution < -0.4 is 19.5 Å². The second kappa shape index (κ2) is 7.18. The fraction of sp³-hybridized carbons (Fsp3) is 0.333. The summed E-state index contributed by atoms with van der Waals surface area (Å²) in [6, 6.07) is 14.2. The third kappa shape index (κ3) is 3.52. The molecule has 4 nitrogen and oxygen atoms in total. The normalized spacial score (nSPS) is 13.0. The van der Waals surface area contributed by atoms with Crippen LogP contribution >= 0.6 is 0 Å². The Morgan fingerprint density at radius 3 is 2.82 bits per heavy atom. The van der Waals surface area contributed by atoms with Gasteiger partial charge in [-0.15, -0.1) is 0 Å². The van der Waals surface area contributed by atoms with Crippen LogP contribution in [0.3, 0.4) is 0 Å². The van der Waals surface area contributed by atoms with Gasteiger partial charge in [-0.05, 0) is 30.7 Å². The van der Waals surface area contributed by atoms with E-state index in [1.165, 1.54) is 5.56 Å². The molecule has 1 heterocycles. The largest absolute Gasteiger partial charge is 0.494 e. The molecule has 0 bridgehead atoms. The molecule has 116 valence electrons. The zero-order chi connectivity index (χ0) is 15.2. The summed E-state index contributed by atoms with van der Waals surface area (Å²) < 4.78 is 16.8. The van der Waals surface area contributed by atoms with Crippen molar-refractivity contribution in [3.63, 3.8) is 0 Å². The van der Waals surface area contributed by atoms with Crippen LogP contribution in [0, 0.1) is 0 Å². The Labute approximate surface area is 131 Å². The van der Waals surface area contributed by atoms with Gasteiger partial charge in [-0.25, -0.2) is 0 Å². The summed E-state index contributed by atoms with van der Waals surface area (Å²) in [5.74, 6) is 2.61. The standard InChI is InChI=1S/C18H21NO3/c1-2-20-16-7-3-5-14(11-16)12-19-13-15-6-4-8-17-18(15)22-10-9-21-17/h3-8,11,19H,2,9-10,12-13H2,1H3. The zero-order valence-electron chi connectivity index (χ0n) is 12.8. The summed E-state index contributed by atoms with van der Waals surface area (Å²) >= 11 is 0. The van der Waals surface area contributed by atoms with Crippen LogP contribution in [0.4, 0.5) is 0 Å². The molecule has 0 saturated heterocycles. The fourth-order valence-electron chi connectivity index (χ4n) is 2.53. The first-order chi connectivity index (χ1) is 10.9. The van der Waals surface area contributed by atoms with Crippen molar-refractivity contribution in [3.05, 3.63) is 53.6 Å². The van der Waals surface area contributed by atoms with E-state index >= 15 is 0 Å². The van der Waals surface area contributed by atoms with Gasteiger partial charge < -0.3 is 19.5 Å². The zero-order valence-corrected chi connectivity index (χ0v) is 12.8. The highest BCUT2D eigenvalue weighted by Crippen LogP contribution is 2.33. The molecule has 0 atom stereocenters. The molecule has 0 amide bonds. The predicted molar refractivity (Wildman–Crippen MR) is 85.6 cm³/mol. The van der Waals surface area contributed by atoms with Crippen molar-refractivity contribution >= 4 is 0 Å². The van der Waals surface area contributed by atoms with Gasteiger partial charge in [0.25, 0.3) is 0 Å². The van der Waals surface area contributed by atoms with Crippen molar-refractivity contribution in [1.29, 1.82) is 0 Å². The summed E-state index contributed by atoms with van der Waals surface area (Å²) in [6.07, 6.45) is 0. The summed E-state index contributed by atoms with van der Waals surface area (Å²) in [5, 5.41) is 3.45. The second-order valence-electron chi connectivity index (χ2n) is 5.13. The maximum Gasteiger partial charge on any atom is 0.165 e. The van der Waals surface area contributed by atoms with E-state index in [0.717, 1.165) is 35.9 Å². The predicted octanol–water partition coefficient (Wildman–Crippen LogP) is 3.15. The van der Waals surface area contributed by atoms with Crippen LogP contribution in [0.15, 0.2) is 42.5 Å². The first-order valence-corrected chi connectivity index (χ1v) is 7.67. The van der Waals surface area contributed by atoms with Gasteiger partial charge in [-0.3, -0.25) is 0 Å². The van der Waals surface area contributed by atoms with Crippen molar-refractivity contribution in [1.82, 2.24) is 5.32 Å². The van der Waals surface area contributed by atoms with Crippen LogP contribution in [0.25, 0.3) is 0 Å². The lowest BCUT2D eigenvalue weighted by Crippen LogP contribution is -2.19. The first kappa shape index (κ1) is 14.7. The Morgan fingerprint density at radius 1 is 1.05 bits per heavy atom. The minimum absolute atomic E-state index is 0.612. The Kier molecular flexibility index (Phi) is 4.81. The monoisotopic (exact) mass is 299 g/mol. The van der Waals surface area contributed by atoms with Gasteiger partial charge in [-0.1, -0.05) is 24.3 Å². The van der Waals surface area contributed by atoms with Crippen molar-refractivity contribution in [2.45, 2.75) is 20.0 Å². The number of nitrogens with one attached hydrogen (secondary N) is 1. The lowest BCUT2D eigenvalue weighted by Gasteiger charge is -2.21. The number of rotatable bonds is 6. The summed E-state index contributed by atoms with van der Waals surface area (Å²) in [7, 11) is 0. The smallest absolute Gasteiger partial charge is 0.165 e. The minimum atomic E-state index is 0.612. The number of para-hydroxylation sites is 1. The molecular formula is C18H21NO3. The number of hydrogen-bond donors (Lipinski definition) is 1. The lowest BCUT2D eigenvalue weighted by molar-refractivity contribution is 0.169. The van der Waals surface area contributed by atoms with Crippen molar-refractivity contribution in [2.24, 2.45) is 0 Å². The topological polar surface area (TPSA) is 39.7 Å². The number of hydrogen-bond acceptors (Lipinski definition) is 4. The van der Waals surface area contributed by atoms with E-state index < -0.39 is 0 Å². The van der Waals surface area contributed by atoms with Gasteiger partial charge in [0.15, 0.2) is 11.5 Å². The molecular weight excluding hydrogens is 278 g/mol. The summed E-state index contributed by atoms with van der Waals surface area (Å²) in [4.78, 5) is 0. The Hall–Kier alpha value is -2.20. The molecule has 3 rings (SSSR count). The average Bonchev–Trinajstić information content (AvgIpc) is 2.56. The van der Waals surface area contributed by atoms with Crippen LogP contribution in [0.1, 0.15) is 18.1 Å². The van der Waals surface area contributed by atoms with Gasteiger partial charge in [0.2, 0.25) is 0 Å². The quantitative estimate of drug-likeness (QED) is 0.889.